The average molecular weight is 677 g/mol. The maximum atomic E-state index is 11.9. The van der Waals surface area contributed by atoms with Crippen molar-refractivity contribution in [1.82, 2.24) is 0 Å². The Kier molecular flexibility index (Phi) is 16.1. The zero-order valence-electron chi connectivity index (χ0n) is 30.6. The first kappa shape index (κ1) is 39.3. The second kappa shape index (κ2) is 20.4. The maximum absolute atomic E-state index is 11.9. The Labute approximate surface area is 298 Å². The van der Waals surface area contributed by atoms with Gasteiger partial charge in [-0.15, -0.1) is 0 Å². The van der Waals surface area contributed by atoms with Crippen LogP contribution in [0.1, 0.15) is 90.0 Å². The van der Waals surface area contributed by atoms with Crippen LogP contribution in [-0.4, -0.2) is 23.7 Å². The van der Waals surface area contributed by atoms with E-state index in [1.807, 2.05) is 114 Å². The van der Waals surface area contributed by atoms with Crippen LogP contribution >= 0.6 is 0 Å². The smallest absolute Gasteiger partial charge is 0.306 e. The monoisotopic (exact) mass is 676 g/mol. The minimum Gasteiger partial charge on any atom is -0.489 e. The molecule has 0 aliphatic carbocycles. The summed E-state index contributed by atoms with van der Waals surface area (Å²) in [5.74, 6) is 0.632. The van der Waals surface area contributed by atoms with Crippen LogP contribution in [0.2, 0.25) is 0 Å². The molecule has 0 saturated carbocycles. The van der Waals surface area contributed by atoms with Crippen molar-refractivity contribution in [3.63, 3.8) is 0 Å². The molecular weight excluding hydrogens is 624 g/mol. The van der Waals surface area contributed by atoms with E-state index in [2.05, 4.69) is 44.2 Å². The SMILES string of the molecule is C/C=C/C(CC(=O)O)c1ccc(OCc2ccccc2C)c(C)c1.C/C=C/C(CC(=O)OCC)c1ccc(OCc2ccccc2C)c(C)c1. The highest BCUT2D eigenvalue weighted by Crippen LogP contribution is 2.29. The zero-order valence-corrected chi connectivity index (χ0v) is 30.6. The summed E-state index contributed by atoms with van der Waals surface area (Å²) in [6.07, 6.45) is 8.28. The molecule has 4 aromatic carbocycles. The molecular formula is C44H52O6. The van der Waals surface area contributed by atoms with Gasteiger partial charge in [0.15, 0.2) is 0 Å². The van der Waals surface area contributed by atoms with Gasteiger partial charge < -0.3 is 19.3 Å². The summed E-state index contributed by atoms with van der Waals surface area (Å²) in [5.41, 5.74) is 8.96. The summed E-state index contributed by atoms with van der Waals surface area (Å²) in [6, 6.07) is 28.4. The van der Waals surface area contributed by atoms with Gasteiger partial charge in [-0.3, -0.25) is 9.59 Å². The van der Waals surface area contributed by atoms with E-state index in [0.29, 0.717) is 26.2 Å². The van der Waals surface area contributed by atoms with Crippen LogP contribution in [0.3, 0.4) is 0 Å². The third-order valence-electron chi connectivity index (χ3n) is 8.48. The number of hydrogen-bond acceptors (Lipinski definition) is 5. The molecule has 1 N–H and O–H groups in total. The number of benzene rings is 4. The van der Waals surface area contributed by atoms with Crippen molar-refractivity contribution in [2.75, 3.05) is 6.61 Å². The van der Waals surface area contributed by atoms with Gasteiger partial charge in [0.2, 0.25) is 0 Å². The third kappa shape index (κ3) is 12.4. The molecule has 4 rings (SSSR count). The average Bonchev–Trinajstić information content (AvgIpc) is 3.08. The number of aryl methyl sites for hydroxylation is 4. The summed E-state index contributed by atoms with van der Waals surface area (Å²) in [5, 5.41) is 9.07. The highest BCUT2D eigenvalue weighted by molar-refractivity contribution is 5.71. The molecule has 0 amide bonds. The normalized spacial score (nSPS) is 12.2. The van der Waals surface area contributed by atoms with Gasteiger partial charge in [-0.2, -0.15) is 0 Å². The van der Waals surface area contributed by atoms with Crippen molar-refractivity contribution in [3.8, 4) is 11.5 Å². The Morgan fingerprint density at radius 2 is 1.08 bits per heavy atom. The van der Waals surface area contributed by atoms with Gasteiger partial charge in [0.05, 0.1) is 19.4 Å². The molecule has 0 aliphatic heterocycles. The van der Waals surface area contributed by atoms with Gasteiger partial charge >= 0.3 is 11.9 Å². The topological polar surface area (TPSA) is 82.1 Å². The number of carbonyl (C=O) groups is 2. The Bertz CT molecular complexity index is 1750. The quantitative estimate of drug-likeness (QED) is 0.0997. The number of allylic oxidation sites excluding steroid dienone is 4. The molecule has 0 spiro atoms. The van der Waals surface area contributed by atoms with Gasteiger partial charge in [-0.25, -0.2) is 0 Å². The van der Waals surface area contributed by atoms with E-state index < -0.39 is 5.97 Å². The summed E-state index contributed by atoms with van der Waals surface area (Å²) in [4.78, 5) is 22.9. The molecule has 50 heavy (non-hydrogen) atoms. The van der Waals surface area contributed by atoms with E-state index in [-0.39, 0.29) is 24.2 Å². The lowest BCUT2D eigenvalue weighted by atomic mass is 9.93. The second-order valence-corrected chi connectivity index (χ2v) is 12.4. The Hall–Kier alpha value is -5.10. The predicted octanol–water partition coefficient (Wildman–Crippen LogP) is 10.5. The number of carbonyl (C=O) groups excluding carboxylic acids is 1. The molecule has 0 heterocycles. The van der Waals surface area contributed by atoms with E-state index >= 15 is 0 Å². The van der Waals surface area contributed by atoms with Crippen LogP contribution in [0.25, 0.3) is 0 Å². The number of aliphatic carboxylic acids is 1. The molecule has 0 aromatic heterocycles. The van der Waals surface area contributed by atoms with Crippen molar-refractivity contribution in [2.24, 2.45) is 0 Å². The fraction of sp³-hybridized carbons (Fsp3) is 0.318. The molecule has 2 unspecified atom stereocenters. The number of esters is 1. The number of hydrogen-bond donors (Lipinski definition) is 1. The fourth-order valence-corrected chi connectivity index (χ4v) is 5.63. The molecule has 0 fully saturated rings. The maximum Gasteiger partial charge on any atom is 0.306 e. The molecule has 264 valence electrons. The minimum absolute atomic E-state index is 0.0168. The van der Waals surface area contributed by atoms with Gasteiger partial charge in [0.25, 0.3) is 0 Å². The fourth-order valence-electron chi connectivity index (χ4n) is 5.63. The minimum atomic E-state index is -0.796. The van der Waals surface area contributed by atoms with Crippen LogP contribution < -0.4 is 9.47 Å². The van der Waals surface area contributed by atoms with Crippen LogP contribution in [0.15, 0.2) is 109 Å². The lowest BCUT2D eigenvalue weighted by Crippen LogP contribution is -2.09. The summed E-state index contributed by atoms with van der Waals surface area (Å²) < 4.78 is 17.0. The van der Waals surface area contributed by atoms with Crippen LogP contribution in [0.4, 0.5) is 0 Å². The molecule has 6 heteroatoms. The highest BCUT2D eigenvalue weighted by atomic mass is 16.5. The molecule has 0 saturated heterocycles. The lowest BCUT2D eigenvalue weighted by molar-refractivity contribution is -0.143. The third-order valence-corrected chi connectivity index (χ3v) is 8.48. The first-order valence-corrected chi connectivity index (χ1v) is 17.2. The summed E-state index contributed by atoms with van der Waals surface area (Å²) >= 11 is 0. The highest BCUT2D eigenvalue weighted by Gasteiger charge is 2.16. The van der Waals surface area contributed by atoms with E-state index in [1.54, 1.807) is 0 Å². The molecule has 2 atom stereocenters. The van der Waals surface area contributed by atoms with Crippen LogP contribution in [0, 0.1) is 27.7 Å². The number of carboxylic acid groups (broad SMARTS) is 1. The van der Waals surface area contributed by atoms with Crippen molar-refractivity contribution in [2.45, 2.75) is 86.4 Å². The molecule has 6 nitrogen and oxygen atoms in total. The molecule has 0 bridgehead atoms. The lowest BCUT2D eigenvalue weighted by Gasteiger charge is -2.16. The van der Waals surface area contributed by atoms with Crippen molar-refractivity contribution in [3.05, 3.63) is 154 Å². The summed E-state index contributed by atoms with van der Waals surface area (Å²) in [7, 11) is 0. The zero-order chi connectivity index (χ0) is 36.5. The second-order valence-electron chi connectivity index (χ2n) is 12.4. The standard InChI is InChI=1S/C23H28O3.C21H24O3/c1-5-9-19(15-23(24)25-6-2)20-12-13-22(18(4)14-20)26-16-21-11-8-7-10-17(21)3;1-4-7-17(13-21(22)23)18-10-11-20(16(3)12-18)24-14-19-9-6-5-8-15(19)2/h5,7-14,19H,6,15-16H2,1-4H3;4-12,17H,13-14H2,1-3H3,(H,22,23)/b9-5+;7-4+. The van der Waals surface area contributed by atoms with Crippen molar-refractivity contribution < 1.29 is 28.9 Å². The van der Waals surface area contributed by atoms with E-state index in [4.69, 9.17) is 19.3 Å². The van der Waals surface area contributed by atoms with Crippen LogP contribution in [-0.2, 0) is 27.5 Å². The van der Waals surface area contributed by atoms with E-state index in [0.717, 1.165) is 33.8 Å². The van der Waals surface area contributed by atoms with Gasteiger partial charge in [-0.05, 0) is 105 Å². The Morgan fingerprint density at radius 3 is 1.46 bits per heavy atom. The molecule has 4 aromatic rings. The predicted molar refractivity (Wildman–Crippen MR) is 202 cm³/mol. The summed E-state index contributed by atoms with van der Waals surface area (Å²) in [6.45, 7) is 15.4. The molecule has 0 aliphatic rings. The van der Waals surface area contributed by atoms with Crippen molar-refractivity contribution in [1.29, 1.82) is 0 Å². The molecule has 0 radical (unpaired) electrons. The first-order valence-electron chi connectivity index (χ1n) is 17.2. The van der Waals surface area contributed by atoms with Crippen LogP contribution in [0.5, 0.6) is 11.5 Å². The van der Waals surface area contributed by atoms with Gasteiger partial charge in [-0.1, -0.05) is 97.1 Å². The Morgan fingerprint density at radius 1 is 0.640 bits per heavy atom. The number of rotatable bonds is 15. The van der Waals surface area contributed by atoms with E-state index in [9.17, 15) is 9.59 Å². The van der Waals surface area contributed by atoms with Gasteiger partial charge in [0.1, 0.15) is 24.7 Å². The number of carboxylic acids is 1. The largest absolute Gasteiger partial charge is 0.489 e. The van der Waals surface area contributed by atoms with Gasteiger partial charge in [0, 0.05) is 11.8 Å². The van der Waals surface area contributed by atoms with Crippen molar-refractivity contribution >= 4 is 11.9 Å². The Balaban J connectivity index is 0.000000271. The number of ether oxygens (including phenoxy) is 3. The van der Waals surface area contributed by atoms with E-state index in [1.165, 1.54) is 22.3 Å². The first-order chi connectivity index (χ1) is 24.1.